The van der Waals surface area contributed by atoms with Gasteiger partial charge in [0.05, 0.1) is 17.4 Å². The molecule has 15 heavy (non-hydrogen) atoms. The number of hydrogen-bond acceptors (Lipinski definition) is 3. The molecule has 0 aliphatic rings. The Labute approximate surface area is 93.1 Å². The molecule has 0 unspecified atom stereocenters. The van der Waals surface area contributed by atoms with Gasteiger partial charge >= 0.3 is 0 Å². The highest BCUT2D eigenvalue weighted by Gasteiger charge is 2.11. The van der Waals surface area contributed by atoms with Gasteiger partial charge in [0.25, 0.3) is 5.91 Å². The second kappa shape index (κ2) is 4.79. The number of halogens is 1. The van der Waals surface area contributed by atoms with E-state index in [0.29, 0.717) is 12.2 Å². The Morgan fingerprint density at radius 1 is 1.73 bits per heavy atom. The van der Waals surface area contributed by atoms with Crippen LogP contribution in [0.1, 0.15) is 17.3 Å². The van der Waals surface area contributed by atoms with Crippen molar-refractivity contribution in [2.24, 2.45) is 0 Å². The maximum atomic E-state index is 11.6. The van der Waals surface area contributed by atoms with E-state index in [1.54, 1.807) is 0 Å². The van der Waals surface area contributed by atoms with Gasteiger partial charge < -0.3 is 11.1 Å². The first-order valence-corrected chi connectivity index (χ1v) is 4.72. The van der Waals surface area contributed by atoms with Crippen LogP contribution in [0.3, 0.4) is 0 Å². The molecule has 0 aromatic carbocycles. The second-order valence-corrected chi connectivity index (χ2v) is 3.60. The van der Waals surface area contributed by atoms with Crippen LogP contribution >= 0.6 is 11.6 Å². The molecule has 1 rings (SSSR count). The van der Waals surface area contributed by atoms with Crippen LogP contribution < -0.4 is 11.1 Å². The van der Waals surface area contributed by atoms with Crippen molar-refractivity contribution in [2.45, 2.75) is 6.92 Å². The normalized spacial score (nSPS) is 9.73. The number of nitrogen functional groups attached to an aromatic ring is 1. The van der Waals surface area contributed by atoms with Crippen LogP contribution in [-0.4, -0.2) is 17.4 Å². The first-order valence-electron chi connectivity index (χ1n) is 4.34. The summed E-state index contributed by atoms with van der Waals surface area (Å²) in [7, 11) is 0. The Kier molecular flexibility index (Phi) is 3.68. The van der Waals surface area contributed by atoms with Crippen molar-refractivity contribution in [2.75, 3.05) is 12.3 Å². The summed E-state index contributed by atoms with van der Waals surface area (Å²) in [6.45, 7) is 5.90. The van der Waals surface area contributed by atoms with E-state index in [1.165, 1.54) is 12.3 Å². The number of aromatic nitrogens is 1. The number of rotatable bonds is 3. The highest BCUT2D eigenvalue weighted by Crippen LogP contribution is 2.15. The zero-order chi connectivity index (χ0) is 11.4. The van der Waals surface area contributed by atoms with Crippen molar-refractivity contribution in [3.63, 3.8) is 0 Å². The van der Waals surface area contributed by atoms with Crippen LogP contribution in [0.15, 0.2) is 24.4 Å². The number of carbonyl (C=O) groups is 1. The van der Waals surface area contributed by atoms with Gasteiger partial charge in [0.15, 0.2) is 0 Å². The summed E-state index contributed by atoms with van der Waals surface area (Å²) in [4.78, 5) is 15.4. The van der Waals surface area contributed by atoms with Crippen LogP contribution in [0.25, 0.3) is 0 Å². The molecule has 0 saturated carbocycles. The maximum absolute atomic E-state index is 11.6. The highest BCUT2D eigenvalue weighted by molar-refractivity contribution is 6.32. The summed E-state index contributed by atoms with van der Waals surface area (Å²) in [5.41, 5.74) is 7.04. The number of nitrogens with two attached hydrogens (primary N) is 1. The molecule has 4 nitrogen and oxygen atoms in total. The topological polar surface area (TPSA) is 68.0 Å². The molecule has 1 aromatic heterocycles. The third kappa shape index (κ3) is 3.25. The molecule has 0 aliphatic carbocycles. The van der Waals surface area contributed by atoms with E-state index in [4.69, 9.17) is 17.3 Å². The largest absolute Gasteiger partial charge is 0.397 e. The minimum absolute atomic E-state index is 0.142. The van der Waals surface area contributed by atoms with Gasteiger partial charge in [-0.15, -0.1) is 0 Å². The van der Waals surface area contributed by atoms with Gasteiger partial charge in [0, 0.05) is 6.54 Å². The summed E-state index contributed by atoms with van der Waals surface area (Å²) < 4.78 is 0. The molecule has 0 bridgehead atoms. The van der Waals surface area contributed by atoms with Crippen molar-refractivity contribution < 1.29 is 4.79 Å². The molecule has 80 valence electrons. The van der Waals surface area contributed by atoms with Gasteiger partial charge in [0.2, 0.25) is 0 Å². The molecule has 1 amide bonds. The van der Waals surface area contributed by atoms with Gasteiger partial charge in [-0.2, -0.15) is 0 Å². The first-order chi connectivity index (χ1) is 7.00. The lowest BCUT2D eigenvalue weighted by atomic mass is 10.2. The average Bonchev–Trinajstić information content (AvgIpc) is 2.18. The Balaban J connectivity index is 2.81. The zero-order valence-electron chi connectivity index (χ0n) is 8.38. The third-order valence-corrected chi connectivity index (χ3v) is 1.96. The number of amides is 1. The van der Waals surface area contributed by atoms with E-state index < -0.39 is 0 Å². The number of carbonyl (C=O) groups excluding carboxylic acids is 1. The van der Waals surface area contributed by atoms with Crippen molar-refractivity contribution in [1.82, 2.24) is 10.3 Å². The fourth-order valence-corrected chi connectivity index (χ4v) is 1.14. The Morgan fingerprint density at radius 2 is 2.40 bits per heavy atom. The Bertz CT molecular complexity index is 404. The van der Waals surface area contributed by atoms with E-state index in [2.05, 4.69) is 16.9 Å². The van der Waals surface area contributed by atoms with Gasteiger partial charge in [-0.1, -0.05) is 23.8 Å². The van der Waals surface area contributed by atoms with Crippen LogP contribution in [0.5, 0.6) is 0 Å². The average molecular weight is 226 g/mol. The Hall–Kier alpha value is -1.55. The van der Waals surface area contributed by atoms with E-state index in [1.807, 2.05) is 6.92 Å². The summed E-state index contributed by atoms with van der Waals surface area (Å²) >= 11 is 5.76. The van der Waals surface area contributed by atoms with Gasteiger partial charge in [-0.3, -0.25) is 4.79 Å². The smallest absolute Gasteiger partial charge is 0.254 e. The third-order valence-electron chi connectivity index (χ3n) is 1.66. The van der Waals surface area contributed by atoms with Crippen molar-refractivity contribution in [3.05, 3.63) is 35.1 Å². The molecular formula is C10H12ClN3O. The first kappa shape index (κ1) is 11.5. The predicted octanol–water partition coefficient (Wildman–Crippen LogP) is 1.62. The zero-order valence-corrected chi connectivity index (χ0v) is 9.14. The van der Waals surface area contributed by atoms with Crippen LogP contribution in [0.4, 0.5) is 5.69 Å². The standard InChI is InChI=1S/C10H12ClN3O/c1-6(2)4-14-10(15)8-3-7(12)5-13-9(8)11/h3,5H,1,4,12H2,2H3,(H,14,15). The molecule has 0 saturated heterocycles. The van der Waals surface area contributed by atoms with Crippen LogP contribution in [0, 0.1) is 0 Å². The molecule has 3 N–H and O–H groups in total. The molecular weight excluding hydrogens is 214 g/mol. The lowest BCUT2D eigenvalue weighted by Gasteiger charge is -2.06. The molecule has 0 aliphatic heterocycles. The summed E-state index contributed by atoms with van der Waals surface area (Å²) in [5.74, 6) is -0.303. The number of nitrogens with one attached hydrogen (secondary N) is 1. The van der Waals surface area contributed by atoms with Gasteiger partial charge in [-0.05, 0) is 13.0 Å². The van der Waals surface area contributed by atoms with Gasteiger partial charge in [0.1, 0.15) is 5.15 Å². The van der Waals surface area contributed by atoms with Gasteiger partial charge in [-0.25, -0.2) is 4.98 Å². The number of hydrogen-bond donors (Lipinski definition) is 2. The van der Waals surface area contributed by atoms with Crippen molar-refractivity contribution in [1.29, 1.82) is 0 Å². The Morgan fingerprint density at radius 3 is 3.00 bits per heavy atom. The lowest BCUT2D eigenvalue weighted by molar-refractivity contribution is 0.0957. The summed E-state index contributed by atoms with van der Waals surface area (Å²) in [6, 6.07) is 1.49. The van der Waals surface area contributed by atoms with Crippen molar-refractivity contribution in [3.8, 4) is 0 Å². The molecule has 1 heterocycles. The van der Waals surface area contributed by atoms with E-state index in [-0.39, 0.29) is 16.6 Å². The van der Waals surface area contributed by atoms with Crippen LogP contribution in [-0.2, 0) is 0 Å². The van der Waals surface area contributed by atoms with E-state index in [0.717, 1.165) is 5.57 Å². The van der Waals surface area contributed by atoms with E-state index >= 15 is 0 Å². The minimum Gasteiger partial charge on any atom is -0.397 e. The monoisotopic (exact) mass is 225 g/mol. The minimum atomic E-state index is -0.303. The molecule has 1 aromatic rings. The maximum Gasteiger partial charge on any atom is 0.254 e. The predicted molar refractivity (Wildman–Crippen MR) is 60.8 cm³/mol. The quantitative estimate of drug-likeness (QED) is 0.607. The van der Waals surface area contributed by atoms with Crippen LogP contribution in [0.2, 0.25) is 5.15 Å². The second-order valence-electron chi connectivity index (χ2n) is 3.25. The number of pyridine rings is 1. The fourth-order valence-electron chi connectivity index (χ4n) is 0.950. The molecule has 0 atom stereocenters. The number of anilines is 1. The number of nitrogens with zero attached hydrogens (tertiary/aromatic N) is 1. The molecule has 0 spiro atoms. The molecule has 0 fully saturated rings. The molecule has 5 heteroatoms. The summed E-state index contributed by atoms with van der Waals surface area (Å²) in [6.07, 6.45) is 1.40. The van der Waals surface area contributed by atoms with E-state index in [9.17, 15) is 4.79 Å². The lowest BCUT2D eigenvalue weighted by Crippen LogP contribution is -2.25. The highest BCUT2D eigenvalue weighted by atomic mass is 35.5. The summed E-state index contributed by atoms with van der Waals surface area (Å²) in [5, 5.41) is 2.79. The van der Waals surface area contributed by atoms with Crippen molar-refractivity contribution >= 4 is 23.2 Å². The SMILES string of the molecule is C=C(C)CNC(=O)c1cc(N)cnc1Cl. The molecule has 0 radical (unpaired) electrons. The fraction of sp³-hybridized carbons (Fsp3) is 0.200.